The van der Waals surface area contributed by atoms with Crippen LogP contribution in [0.4, 0.5) is 0 Å². The number of halogens is 1. The zero-order valence-electron chi connectivity index (χ0n) is 18.3. The van der Waals surface area contributed by atoms with Crippen LogP contribution in [-0.2, 0) is 9.59 Å². The van der Waals surface area contributed by atoms with E-state index in [1.165, 1.54) is 15.4 Å². The van der Waals surface area contributed by atoms with Crippen molar-refractivity contribution < 1.29 is 19.4 Å². The van der Waals surface area contributed by atoms with E-state index in [9.17, 15) is 14.4 Å². The second-order valence-corrected chi connectivity index (χ2v) is 9.77. The summed E-state index contributed by atoms with van der Waals surface area (Å²) in [6.45, 7) is 0.380. The van der Waals surface area contributed by atoms with Gasteiger partial charge >= 0.3 is 5.97 Å². The summed E-state index contributed by atoms with van der Waals surface area (Å²) in [5.41, 5.74) is 0.122. The summed E-state index contributed by atoms with van der Waals surface area (Å²) in [5.74, 6) is -0.661. The van der Waals surface area contributed by atoms with Crippen molar-refractivity contribution in [2.24, 2.45) is 0 Å². The number of carboxylic acids is 1. The minimum atomic E-state index is -0.842. The van der Waals surface area contributed by atoms with Crippen LogP contribution >= 0.6 is 35.6 Å². The van der Waals surface area contributed by atoms with Crippen molar-refractivity contribution in [3.63, 3.8) is 0 Å². The van der Waals surface area contributed by atoms with Gasteiger partial charge in [-0.25, -0.2) is 0 Å². The number of hydrogen-bond donors (Lipinski definition) is 1. The first kappa shape index (κ1) is 24.9. The van der Waals surface area contributed by atoms with E-state index in [0.717, 1.165) is 11.8 Å². The van der Waals surface area contributed by atoms with Crippen molar-refractivity contribution in [3.8, 4) is 11.6 Å². The number of fused-ring (bicyclic) bond motifs is 1. The predicted octanol–water partition coefficient (Wildman–Crippen LogP) is 4.99. The quantitative estimate of drug-likeness (QED) is 0.235. The molecule has 1 aliphatic rings. The van der Waals surface area contributed by atoms with Crippen LogP contribution in [-0.4, -0.2) is 42.1 Å². The van der Waals surface area contributed by atoms with Crippen LogP contribution < -0.4 is 10.3 Å². The van der Waals surface area contributed by atoms with Crippen molar-refractivity contribution in [1.82, 2.24) is 14.3 Å². The number of hydrogen-bond acceptors (Lipinski definition) is 7. The lowest BCUT2D eigenvalue weighted by Crippen LogP contribution is -2.29. The van der Waals surface area contributed by atoms with Crippen LogP contribution in [0.1, 0.15) is 31.2 Å². The lowest BCUT2D eigenvalue weighted by molar-refractivity contribution is -0.137. The Bertz CT molecular complexity index is 1390. The zero-order chi connectivity index (χ0) is 24.9. The molecular formula is C24H20ClN3O5S2. The van der Waals surface area contributed by atoms with Crippen LogP contribution in [0.15, 0.2) is 58.4 Å². The smallest absolute Gasteiger partial charge is 0.303 e. The fraction of sp³-hybridized carbons (Fsp3) is 0.208. The summed E-state index contributed by atoms with van der Waals surface area (Å²) in [4.78, 5) is 43.3. The third-order valence-electron chi connectivity index (χ3n) is 5.18. The number of thiocarbonyl (C=S) groups is 1. The molecule has 1 aromatic carbocycles. The van der Waals surface area contributed by atoms with Gasteiger partial charge in [0.05, 0.1) is 4.91 Å². The van der Waals surface area contributed by atoms with Gasteiger partial charge in [0.15, 0.2) is 0 Å². The molecule has 1 aliphatic heterocycles. The number of benzene rings is 1. The Kier molecular flexibility index (Phi) is 7.84. The molecular weight excluding hydrogens is 510 g/mol. The number of unbranched alkanes of at least 4 members (excludes halogenated alkanes) is 2. The summed E-state index contributed by atoms with van der Waals surface area (Å²) in [6, 6.07) is 11.8. The third kappa shape index (κ3) is 5.90. The van der Waals surface area contributed by atoms with Gasteiger partial charge in [0.2, 0.25) is 5.88 Å². The van der Waals surface area contributed by atoms with Crippen LogP contribution in [0.3, 0.4) is 0 Å². The van der Waals surface area contributed by atoms with E-state index in [2.05, 4.69) is 4.98 Å². The number of ether oxygens (including phenoxy) is 1. The maximum absolute atomic E-state index is 13.3. The fourth-order valence-electron chi connectivity index (χ4n) is 3.44. The maximum Gasteiger partial charge on any atom is 0.303 e. The molecule has 0 spiro atoms. The van der Waals surface area contributed by atoms with Gasteiger partial charge in [-0.15, -0.1) is 0 Å². The average Bonchev–Trinajstić information content (AvgIpc) is 3.10. The predicted molar refractivity (Wildman–Crippen MR) is 139 cm³/mol. The number of thioether (sulfide) groups is 1. The summed E-state index contributed by atoms with van der Waals surface area (Å²) in [5, 5.41) is 9.29. The Labute approximate surface area is 215 Å². The Morgan fingerprint density at radius 2 is 1.91 bits per heavy atom. The van der Waals surface area contributed by atoms with Crippen molar-refractivity contribution >= 4 is 63.5 Å². The number of nitrogens with zero attached hydrogens (tertiary/aromatic N) is 3. The first-order chi connectivity index (χ1) is 16.8. The van der Waals surface area contributed by atoms with E-state index in [1.807, 2.05) is 0 Å². The van der Waals surface area contributed by atoms with Crippen LogP contribution in [0.5, 0.6) is 11.6 Å². The molecule has 0 radical (unpaired) electrons. The second kappa shape index (κ2) is 11.0. The molecule has 0 aliphatic carbocycles. The van der Waals surface area contributed by atoms with Gasteiger partial charge in [-0.3, -0.25) is 23.7 Å². The highest BCUT2D eigenvalue weighted by Gasteiger charge is 2.32. The van der Waals surface area contributed by atoms with Crippen molar-refractivity contribution in [2.75, 3.05) is 6.54 Å². The Hall–Kier alpha value is -3.21. The number of carbonyl (C=O) groups is 2. The van der Waals surface area contributed by atoms with Crippen molar-refractivity contribution in [3.05, 3.63) is 74.5 Å². The molecule has 2 aromatic heterocycles. The Balaban J connectivity index is 1.63. The van der Waals surface area contributed by atoms with E-state index in [0.29, 0.717) is 46.5 Å². The Morgan fingerprint density at radius 1 is 1.14 bits per heavy atom. The summed E-state index contributed by atoms with van der Waals surface area (Å²) < 4.78 is 7.68. The largest absolute Gasteiger partial charge is 0.481 e. The summed E-state index contributed by atoms with van der Waals surface area (Å²) in [7, 11) is 0. The summed E-state index contributed by atoms with van der Waals surface area (Å²) in [6.07, 6.45) is 4.97. The molecule has 11 heteroatoms. The van der Waals surface area contributed by atoms with Gasteiger partial charge in [-0.05, 0) is 55.3 Å². The van der Waals surface area contributed by atoms with E-state index >= 15 is 0 Å². The molecule has 3 heterocycles. The molecule has 1 fully saturated rings. The highest BCUT2D eigenvalue weighted by molar-refractivity contribution is 8.26. The molecule has 180 valence electrons. The lowest BCUT2D eigenvalue weighted by Gasteiger charge is -2.14. The minimum absolute atomic E-state index is 0.0578. The zero-order valence-corrected chi connectivity index (χ0v) is 20.7. The molecule has 0 saturated carbocycles. The van der Waals surface area contributed by atoms with E-state index < -0.39 is 11.5 Å². The SMILES string of the molecule is O=C(O)CCCCCN1C(=O)/C(=C\c2c(Oc3ccc(Cl)cc3)nc3ccccn3c2=O)SC1=S. The van der Waals surface area contributed by atoms with Gasteiger partial charge in [0, 0.05) is 24.2 Å². The first-order valence-electron chi connectivity index (χ1n) is 10.8. The standard InChI is InChI=1S/C24H20ClN3O5S2/c25-15-8-10-16(11-9-15)33-21-17(22(31)27-12-5-3-6-19(27)26-21)14-18-23(32)28(24(34)35-18)13-4-1-2-7-20(29)30/h3,5-6,8-12,14H,1-2,4,7,13H2,(H,29,30)/b18-14+. The highest BCUT2D eigenvalue weighted by atomic mass is 35.5. The number of rotatable bonds is 9. The highest BCUT2D eigenvalue weighted by Crippen LogP contribution is 2.34. The van der Waals surface area contributed by atoms with Crippen LogP contribution in [0, 0.1) is 0 Å². The van der Waals surface area contributed by atoms with Gasteiger partial charge in [-0.2, -0.15) is 4.98 Å². The number of aliphatic carboxylic acids is 1. The van der Waals surface area contributed by atoms with E-state index in [-0.39, 0.29) is 28.7 Å². The first-order valence-corrected chi connectivity index (χ1v) is 12.4. The molecule has 35 heavy (non-hydrogen) atoms. The molecule has 3 aromatic rings. The monoisotopic (exact) mass is 529 g/mol. The molecule has 8 nitrogen and oxygen atoms in total. The maximum atomic E-state index is 13.3. The van der Waals surface area contributed by atoms with Crippen LogP contribution in [0.25, 0.3) is 11.7 Å². The second-order valence-electron chi connectivity index (χ2n) is 7.66. The number of aromatic nitrogens is 2. The normalized spacial score (nSPS) is 14.8. The van der Waals surface area contributed by atoms with Gasteiger partial charge in [0.1, 0.15) is 21.3 Å². The van der Waals surface area contributed by atoms with E-state index in [4.69, 9.17) is 33.7 Å². The number of amides is 1. The molecule has 0 unspecified atom stereocenters. The van der Waals surface area contributed by atoms with Crippen molar-refractivity contribution in [1.29, 1.82) is 0 Å². The molecule has 1 saturated heterocycles. The topological polar surface area (TPSA) is 101 Å². The summed E-state index contributed by atoms with van der Waals surface area (Å²) >= 11 is 12.4. The molecule has 0 atom stereocenters. The minimum Gasteiger partial charge on any atom is -0.481 e. The Morgan fingerprint density at radius 3 is 2.66 bits per heavy atom. The number of carbonyl (C=O) groups excluding carboxylic acids is 1. The third-order valence-corrected chi connectivity index (χ3v) is 6.81. The molecule has 1 N–H and O–H groups in total. The van der Waals surface area contributed by atoms with Gasteiger partial charge in [0.25, 0.3) is 11.5 Å². The van der Waals surface area contributed by atoms with Gasteiger partial charge < -0.3 is 9.84 Å². The molecule has 1 amide bonds. The van der Waals surface area contributed by atoms with Crippen LogP contribution in [0.2, 0.25) is 5.02 Å². The number of carboxylic acid groups (broad SMARTS) is 1. The van der Waals surface area contributed by atoms with Gasteiger partial charge in [-0.1, -0.05) is 48.1 Å². The fourth-order valence-corrected chi connectivity index (χ4v) is 4.86. The van der Waals surface area contributed by atoms with E-state index in [1.54, 1.807) is 48.7 Å². The van der Waals surface area contributed by atoms with Crippen molar-refractivity contribution in [2.45, 2.75) is 25.7 Å². The lowest BCUT2D eigenvalue weighted by atomic mass is 10.2. The average molecular weight is 530 g/mol. The number of pyridine rings is 1. The molecule has 4 rings (SSSR count). The molecule has 0 bridgehead atoms.